The maximum atomic E-state index is 5.34. The second-order valence-electron chi connectivity index (χ2n) is 8.71. The van der Waals surface area contributed by atoms with Crippen molar-refractivity contribution in [1.82, 2.24) is 4.57 Å². The minimum Gasteiger partial charge on any atom is -0.497 e. The molecule has 0 spiro atoms. The molecule has 1 fully saturated rings. The zero-order valence-electron chi connectivity index (χ0n) is 18.4. The summed E-state index contributed by atoms with van der Waals surface area (Å²) in [5, 5.41) is 1.33. The lowest BCUT2D eigenvalue weighted by molar-refractivity contribution is 0.414. The van der Waals surface area contributed by atoms with E-state index < -0.39 is 0 Å². The average Bonchev–Trinajstić information content (AvgIpc) is 3.37. The van der Waals surface area contributed by atoms with Crippen LogP contribution in [0.3, 0.4) is 0 Å². The van der Waals surface area contributed by atoms with Crippen LogP contribution in [-0.4, -0.2) is 23.8 Å². The van der Waals surface area contributed by atoms with Crippen LogP contribution in [0.5, 0.6) is 5.75 Å². The van der Waals surface area contributed by atoms with Gasteiger partial charge in [-0.25, -0.2) is 0 Å². The van der Waals surface area contributed by atoms with E-state index in [1.807, 2.05) is 0 Å². The minimum absolute atomic E-state index is 0.534. The number of aromatic nitrogens is 1. The molecule has 158 valence electrons. The normalized spacial score (nSPS) is 18.6. The highest BCUT2D eigenvalue weighted by Crippen LogP contribution is 2.33. The first-order valence-electron chi connectivity index (χ1n) is 11.3. The summed E-state index contributed by atoms with van der Waals surface area (Å²) in [6, 6.07) is 29.5. The molecule has 3 nitrogen and oxygen atoms in total. The lowest BCUT2D eigenvalue weighted by Crippen LogP contribution is -2.35. The number of methoxy groups -OCH3 is 1. The first kappa shape index (κ1) is 19.7. The maximum absolute atomic E-state index is 5.34. The van der Waals surface area contributed by atoms with E-state index in [1.54, 1.807) is 7.11 Å². The summed E-state index contributed by atoms with van der Waals surface area (Å²) in [7, 11) is 1.72. The van der Waals surface area contributed by atoms with E-state index in [2.05, 4.69) is 101 Å². The van der Waals surface area contributed by atoms with E-state index in [9.17, 15) is 0 Å². The van der Waals surface area contributed by atoms with Crippen molar-refractivity contribution in [3.05, 3.63) is 96.2 Å². The molecular weight excluding hydrogens is 380 g/mol. The van der Waals surface area contributed by atoms with Crippen molar-refractivity contribution in [2.75, 3.05) is 12.0 Å². The standard InChI is InChI=1S/C28H30N2O/c1-21-8-10-26(30(21)25-11-13-27(31-2)14-12-25)19-23-9-15-28-24(18-23)16-17-29(28)20-22-6-4-3-5-7-22/h3-7,9,11-18,21,26H,8,10,19-20H2,1-2H3/t21-,26-/m1/s1. The summed E-state index contributed by atoms with van der Waals surface area (Å²) >= 11 is 0. The van der Waals surface area contributed by atoms with Gasteiger partial charge in [-0.1, -0.05) is 36.4 Å². The zero-order valence-corrected chi connectivity index (χ0v) is 18.4. The van der Waals surface area contributed by atoms with Crippen LogP contribution >= 0.6 is 0 Å². The van der Waals surface area contributed by atoms with Gasteiger partial charge >= 0.3 is 0 Å². The van der Waals surface area contributed by atoms with Crippen LogP contribution in [0.15, 0.2) is 85.1 Å². The average molecular weight is 411 g/mol. The van der Waals surface area contributed by atoms with Crippen molar-refractivity contribution in [1.29, 1.82) is 0 Å². The third kappa shape index (κ3) is 4.05. The Morgan fingerprint density at radius 3 is 2.45 bits per heavy atom. The molecule has 1 saturated heterocycles. The molecule has 3 aromatic carbocycles. The molecule has 0 radical (unpaired) electrons. The van der Waals surface area contributed by atoms with E-state index in [0.717, 1.165) is 18.7 Å². The SMILES string of the molecule is COc1ccc(N2[C@@H](Cc3ccc4c(ccn4Cc4ccccc4)c3)CC[C@H]2C)cc1. The molecule has 1 aromatic heterocycles. The Kier molecular flexibility index (Phi) is 5.42. The van der Waals surface area contributed by atoms with Gasteiger partial charge in [0.2, 0.25) is 0 Å². The fourth-order valence-electron chi connectivity index (χ4n) is 5.06. The van der Waals surface area contributed by atoms with Gasteiger partial charge in [-0.2, -0.15) is 0 Å². The maximum Gasteiger partial charge on any atom is 0.119 e. The molecule has 4 aromatic rings. The first-order chi connectivity index (χ1) is 15.2. The number of benzene rings is 3. The number of anilines is 1. The first-order valence-corrected chi connectivity index (χ1v) is 11.3. The summed E-state index contributed by atoms with van der Waals surface area (Å²) in [6.07, 6.45) is 5.77. The van der Waals surface area contributed by atoms with Crippen LogP contribution in [0.4, 0.5) is 5.69 Å². The molecule has 5 rings (SSSR count). The summed E-state index contributed by atoms with van der Waals surface area (Å²) in [5.74, 6) is 0.914. The lowest BCUT2D eigenvalue weighted by Gasteiger charge is -2.31. The predicted octanol–water partition coefficient (Wildman–Crippen LogP) is 6.30. The fourth-order valence-corrected chi connectivity index (χ4v) is 5.06. The summed E-state index contributed by atoms with van der Waals surface area (Å²) in [4.78, 5) is 2.60. The molecule has 0 unspecified atom stereocenters. The summed E-state index contributed by atoms with van der Waals surface area (Å²) in [6.45, 7) is 3.26. The molecule has 2 atom stereocenters. The van der Waals surface area contributed by atoms with E-state index in [1.165, 1.54) is 40.6 Å². The van der Waals surface area contributed by atoms with Crippen molar-refractivity contribution < 1.29 is 4.74 Å². The monoisotopic (exact) mass is 410 g/mol. The molecule has 2 heterocycles. The molecule has 0 N–H and O–H groups in total. The Hall–Kier alpha value is -3.20. The van der Waals surface area contributed by atoms with Crippen molar-refractivity contribution in [2.24, 2.45) is 0 Å². The molecule has 1 aliphatic rings. The van der Waals surface area contributed by atoms with Gasteiger partial charge in [-0.05, 0) is 85.2 Å². The molecule has 0 amide bonds. The number of hydrogen-bond acceptors (Lipinski definition) is 2. The van der Waals surface area contributed by atoms with E-state index in [4.69, 9.17) is 4.74 Å². The van der Waals surface area contributed by atoms with Crippen LogP contribution in [0.2, 0.25) is 0 Å². The van der Waals surface area contributed by atoms with Crippen molar-refractivity contribution in [3.63, 3.8) is 0 Å². The largest absolute Gasteiger partial charge is 0.497 e. The van der Waals surface area contributed by atoms with Crippen molar-refractivity contribution in [2.45, 2.75) is 44.8 Å². The Bertz CT molecular complexity index is 1150. The molecule has 31 heavy (non-hydrogen) atoms. The third-order valence-electron chi connectivity index (χ3n) is 6.66. The summed E-state index contributed by atoms with van der Waals surface area (Å²) < 4.78 is 7.68. The van der Waals surface area contributed by atoms with Crippen LogP contribution in [0.1, 0.15) is 30.9 Å². The topological polar surface area (TPSA) is 17.4 Å². The van der Waals surface area contributed by atoms with Crippen LogP contribution in [0.25, 0.3) is 10.9 Å². The molecule has 0 bridgehead atoms. The van der Waals surface area contributed by atoms with Crippen LogP contribution < -0.4 is 9.64 Å². The highest BCUT2D eigenvalue weighted by atomic mass is 16.5. The minimum atomic E-state index is 0.534. The van der Waals surface area contributed by atoms with Gasteiger partial charge in [0.15, 0.2) is 0 Å². The van der Waals surface area contributed by atoms with E-state index in [-0.39, 0.29) is 0 Å². The van der Waals surface area contributed by atoms with E-state index >= 15 is 0 Å². The quantitative estimate of drug-likeness (QED) is 0.371. The fraction of sp³-hybridized carbons (Fsp3) is 0.286. The van der Waals surface area contributed by atoms with Crippen LogP contribution in [0, 0.1) is 0 Å². The Balaban J connectivity index is 1.35. The number of fused-ring (bicyclic) bond motifs is 1. The second-order valence-corrected chi connectivity index (χ2v) is 8.71. The molecule has 0 saturated carbocycles. The van der Waals surface area contributed by atoms with Gasteiger partial charge in [0.1, 0.15) is 5.75 Å². The molecule has 3 heteroatoms. The number of ether oxygens (including phenoxy) is 1. The Labute approximate surface area is 184 Å². The van der Waals surface area contributed by atoms with Gasteiger partial charge < -0.3 is 14.2 Å². The third-order valence-corrected chi connectivity index (χ3v) is 6.66. The smallest absolute Gasteiger partial charge is 0.119 e. The van der Waals surface area contributed by atoms with Crippen molar-refractivity contribution >= 4 is 16.6 Å². The zero-order chi connectivity index (χ0) is 21.2. The van der Waals surface area contributed by atoms with Crippen LogP contribution in [-0.2, 0) is 13.0 Å². The number of nitrogens with zero attached hydrogens (tertiary/aromatic N) is 2. The molecule has 0 aliphatic carbocycles. The highest BCUT2D eigenvalue weighted by molar-refractivity contribution is 5.81. The number of rotatable bonds is 6. The van der Waals surface area contributed by atoms with Gasteiger partial charge in [0.05, 0.1) is 7.11 Å². The van der Waals surface area contributed by atoms with E-state index in [0.29, 0.717) is 12.1 Å². The molecule has 1 aliphatic heterocycles. The van der Waals surface area contributed by atoms with Gasteiger partial charge in [-0.15, -0.1) is 0 Å². The highest BCUT2D eigenvalue weighted by Gasteiger charge is 2.30. The summed E-state index contributed by atoms with van der Waals surface area (Å²) in [5.41, 5.74) is 5.35. The Morgan fingerprint density at radius 2 is 1.68 bits per heavy atom. The van der Waals surface area contributed by atoms with Gasteiger partial charge in [0.25, 0.3) is 0 Å². The Morgan fingerprint density at radius 1 is 0.871 bits per heavy atom. The predicted molar refractivity (Wildman–Crippen MR) is 129 cm³/mol. The van der Waals surface area contributed by atoms with Gasteiger partial charge in [-0.3, -0.25) is 0 Å². The number of hydrogen-bond donors (Lipinski definition) is 0. The van der Waals surface area contributed by atoms with Crippen molar-refractivity contribution in [3.8, 4) is 5.75 Å². The van der Waals surface area contributed by atoms with Gasteiger partial charge in [0, 0.05) is 36.0 Å². The lowest BCUT2D eigenvalue weighted by atomic mass is 10.0. The second kappa shape index (κ2) is 8.50. The molecular formula is C28H30N2O.